The van der Waals surface area contributed by atoms with Gasteiger partial charge in [-0.25, -0.2) is 4.98 Å². The molecule has 0 aliphatic carbocycles. The lowest BCUT2D eigenvalue weighted by molar-refractivity contribution is 0.458. The molecule has 0 aliphatic heterocycles. The Balaban J connectivity index is 2.16. The third kappa shape index (κ3) is 2.79. The van der Waals surface area contributed by atoms with Gasteiger partial charge in [-0.15, -0.1) is 0 Å². The summed E-state index contributed by atoms with van der Waals surface area (Å²) in [6, 6.07) is 5.92. The molecule has 17 heavy (non-hydrogen) atoms. The highest BCUT2D eigenvalue weighted by atomic mass is 16.5. The summed E-state index contributed by atoms with van der Waals surface area (Å²) >= 11 is 0. The molecule has 0 amide bonds. The lowest BCUT2D eigenvalue weighted by Gasteiger charge is -2.06. The molecule has 0 spiro atoms. The molecule has 0 bridgehead atoms. The number of nitrogens with zero attached hydrogens (tertiary/aromatic N) is 2. The largest absolute Gasteiger partial charge is 0.437 e. The van der Waals surface area contributed by atoms with Gasteiger partial charge in [0, 0.05) is 6.54 Å². The molecule has 4 heteroatoms. The van der Waals surface area contributed by atoms with Crippen molar-refractivity contribution in [1.82, 2.24) is 9.97 Å². The molecule has 1 aromatic carbocycles. The Kier molecular flexibility index (Phi) is 3.35. The fourth-order valence-electron chi connectivity index (χ4n) is 1.40. The summed E-state index contributed by atoms with van der Waals surface area (Å²) in [7, 11) is 0. The third-order valence-corrected chi connectivity index (χ3v) is 2.59. The molecule has 0 unspecified atom stereocenters. The molecule has 0 saturated carbocycles. The Morgan fingerprint density at radius 1 is 1.12 bits per heavy atom. The van der Waals surface area contributed by atoms with Crippen LogP contribution in [-0.2, 0) is 6.54 Å². The molecule has 0 atom stereocenters. The highest BCUT2D eigenvalue weighted by Crippen LogP contribution is 2.21. The highest BCUT2D eigenvalue weighted by molar-refractivity contribution is 5.35. The van der Waals surface area contributed by atoms with Crippen LogP contribution in [0, 0.1) is 13.8 Å². The van der Waals surface area contributed by atoms with E-state index in [-0.39, 0.29) is 0 Å². The first-order valence-corrected chi connectivity index (χ1v) is 5.45. The molecule has 4 nitrogen and oxygen atoms in total. The van der Waals surface area contributed by atoms with E-state index in [4.69, 9.17) is 10.5 Å². The van der Waals surface area contributed by atoms with E-state index in [9.17, 15) is 0 Å². The Hall–Kier alpha value is -1.94. The number of rotatable bonds is 3. The number of aryl methyl sites for hydroxylation is 2. The van der Waals surface area contributed by atoms with Gasteiger partial charge in [-0.05, 0) is 37.1 Å². The quantitative estimate of drug-likeness (QED) is 0.877. The van der Waals surface area contributed by atoms with Crippen LogP contribution in [0.1, 0.15) is 16.8 Å². The molecule has 1 heterocycles. The second-order valence-corrected chi connectivity index (χ2v) is 3.90. The van der Waals surface area contributed by atoms with Gasteiger partial charge in [-0.3, -0.25) is 4.98 Å². The summed E-state index contributed by atoms with van der Waals surface area (Å²) in [6.07, 6.45) is 3.20. The van der Waals surface area contributed by atoms with Gasteiger partial charge < -0.3 is 10.5 Å². The fraction of sp³-hybridized carbons (Fsp3) is 0.231. The number of nitrogens with two attached hydrogens (primary N) is 1. The predicted octanol–water partition coefficient (Wildman–Crippen LogP) is 2.34. The van der Waals surface area contributed by atoms with Crippen LogP contribution in [0.2, 0.25) is 0 Å². The second kappa shape index (κ2) is 4.93. The van der Waals surface area contributed by atoms with Crippen LogP contribution < -0.4 is 10.5 Å². The second-order valence-electron chi connectivity index (χ2n) is 3.90. The van der Waals surface area contributed by atoms with E-state index >= 15 is 0 Å². The monoisotopic (exact) mass is 229 g/mol. The number of ether oxygens (including phenoxy) is 1. The molecule has 0 radical (unpaired) electrons. The van der Waals surface area contributed by atoms with Crippen molar-refractivity contribution in [3.05, 3.63) is 47.4 Å². The molecular weight excluding hydrogens is 214 g/mol. The van der Waals surface area contributed by atoms with Crippen molar-refractivity contribution in [2.75, 3.05) is 0 Å². The minimum absolute atomic E-state index is 0.386. The van der Waals surface area contributed by atoms with Gasteiger partial charge in [-0.1, -0.05) is 6.07 Å². The average Bonchev–Trinajstić information content (AvgIpc) is 2.35. The van der Waals surface area contributed by atoms with Gasteiger partial charge in [0.2, 0.25) is 5.88 Å². The van der Waals surface area contributed by atoms with E-state index in [2.05, 4.69) is 16.9 Å². The zero-order chi connectivity index (χ0) is 12.3. The molecule has 1 aromatic heterocycles. The maximum atomic E-state index is 5.60. The Morgan fingerprint density at radius 2 is 1.94 bits per heavy atom. The van der Waals surface area contributed by atoms with Crippen LogP contribution in [0.25, 0.3) is 0 Å². The molecule has 0 aliphatic rings. The maximum Gasteiger partial charge on any atom is 0.237 e. The van der Waals surface area contributed by atoms with Crippen LogP contribution in [0.15, 0.2) is 30.6 Å². The third-order valence-electron chi connectivity index (χ3n) is 2.59. The highest BCUT2D eigenvalue weighted by Gasteiger charge is 2.01. The molecule has 2 N–H and O–H groups in total. The van der Waals surface area contributed by atoms with E-state index in [1.54, 1.807) is 12.4 Å². The maximum absolute atomic E-state index is 5.60. The van der Waals surface area contributed by atoms with E-state index in [0.29, 0.717) is 12.4 Å². The first kappa shape index (κ1) is 11.5. The van der Waals surface area contributed by atoms with Crippen molar-refractivity contribution in [2.45, 2.75) is 20.4 Å². The van der Waals surface area contributed by atoms with E-state index in [0.717, 1.165) is 11.4 Å². The minimum atomic E-state index is 0.386. The fourth-order valence-corrected chi connectivity index (χ4v) is 1.40. The van der Waals surface area contributed by atoms with Crippen molar-refractivity contribution >= 4 is 0 Å². The summed E-state index contributed by atoms with van der Waals surface area (Å²) in [5, 5.41) is 0. The Bertz CT molecular complexity index is 509. The van der Waals surface area contributed by atoms with Crippen molar-refractivity contribution in [3.8, 4) is 11.6 Å². The van der Waals surface area contributed by atoms with Gasteiger partial charge in [0.05, 0.1) is 18.1 Å². The number of hydrogen-bond donors (Lipinski definition) is 1. The summed E-state index contributed by atoms with van der Waals surface area (Å²) < 4.78 is 5.60. The number of benzene rings is 1. The number of aromatic nitrogens is 2. The SMILES string of the molecule is Cc1ccc(Oc2cnc(CN)cn2)cc1C. The van der Waals surface area contributed by atoms with Gasteiger partial charge in [0.25, 0.3) is 0 Å². The van der Waals surface area contributed by atoms with Crippen molar-refractivity contribution in [2.24, 2.45) is 5.73 Å². The lowest BCUT2D eigenvalue weighted by Crippen LogP contribution is -2.00. The summed E-state index contributed by atoms with van der Waals surface area (Å²) in [6.45, 7) is 4.50. The molecule has 0 saturated heterocycles. The van der Waals surface area contributed by atoms with Crippen molar-refractivity contribution < 1.29 is 4.74 Å². The smallest absolute Gasteiger partial charge is 0.237 e. The van der Waals surface area contributed by atoms with Crippen molar-refractivity contribution in [3.63, 3.8) is 0 Å². The van der Waals surface area contributed by atoms with E-state index in [1.165, 1.54) is 11.1 Å². The van der Waals surface area contributed by atoms with Crippen molar-refractivity contribution in [1.29, 1.82) is 0 Å². The summed E-state index contributed by atoms with van der Waals surface area (Å²) in [5.74, 6) is 1.24. The first-order chi connectivity index (χ1) is 8.19. The predicted molar refractivity (Wildman–Crippen MR) is 65.9 cm³/mol. The van der Waals surface area contributed by atoms with E-state index < -0.39 is 0 Å². The summed E-state index contributed by atoms with van der Waals surface area (Å²) in [4.78, 5) is 8.25. The minimum Gasteiger partial charge on any atom is -0.437 e. The van der Waals surface area contributed by atoms with E-state index in [1.807, 2.05) is 25.1 Å². The molecule has 2 aromatic rings. The van der Waals surface area contributed by atoms with Crippen LogP contribution >= 0.6 is 0 Å². The van der Waals surface area contributed by atoms with Crippen LogP contribution in [0.5, 0.6) is 11.6 Å². The van der Waals surface area contributed by atoms with Gasteiger partial charge >= 0.3 is 0 Å². The Labute approximate surface area is 100 Å². The molecule has 0 fully saturated rings. The van der Waals surface area contributed by atoms with Crippen LogP contribution in [0.3, 0.4) is 0 Å². The van der Waals surface area contributed by atoms with Crippen LogP contribution in [0.4, 0.5) is 0 Å². The molecule has 2 rings (SSSR count). The van der Waals surface area contributed by atoms with Crippen LogP contribution in [-0.4, -0.2) is 9.97 Å². The van der Waals surface area contributed by atoms with Gasteiger partial charge in [-0.2, -0.15) is 0 Å². The topological polar surface area (TPSA) is 61.0 Å². The average molecular weight is 229 g/mol. The summed E-state index contributed by atoms with van der Waals surface area (Å²) in [5.41, 5.74) is 8.62. The van der Waals surface area contributed by atoms with Gasteiger partial charge in [0.15, 0.2) is 0 Å². The molecule has 88 valence electrons. The molecular formula is C13H15N3O. The normalized spacial score (nSPS) is 10.3. The van der Waals surface area contributed by atoms with Gasteiger partial charge in [0.1, 0.15) is 5.75 Å². The standard InChI is InChI=1S/C13H15N3O/c1-9-3-4-12(5-10(9)2)17-13-8-15-11(6-14)7-16-13/h3-5,7-8H,6,14H2,1-2H3. The lowest BCUT2D eigenvalue weighted by atomic mass is 10.1. The zero-order valence-electron chi connectivity index (χ0n) is 9.97. The Morgan fingerprint density at radius 3 is 2.53 bits per heavy atom. The number of hydrogen-bond acceptors (Lipinski definition) is 4. The zero-order valence-corrected chi connectivity index (χ0v) is 9.97. The first-order valence-electron chi connectivity index (χ1n) is 5.45.